The van der Waals surface area contributed by atoms with Gasteiger partial charge < -0.3 is 20.3 Å². The fourth-order valence-electron chi connectivity index (χ4n) is 3.80. The van der Waals surface area contributed by atoms with Crippen molar-refractivity contribution >= 4 is 17.9 Å². The van der Waals surface area contributed by atoms with Gasteiger partial charge in [0.15, 0.2) is 0 Å². The summed E-state index contributed by atoms with van der Waals surface area (Å²) in [6.45, 7) is 14.9. The van der Waals surface area contributed by atoms with Gasteiger partial charge in [0, 0.05) is 19.0 Å². The SMILES string of the molecule is Cc1ccc(C(C(=O)NC(C)(C)C)N(C)C(=O)C(Cc2ccccc2)NC(=O)OC(C)(C)C)cc1C. The highest BCUT2D eigenvalue weighted by Crippen LogP contribution is 2.25. The Balaban J connectivity index is 2.45. The molecule has 2 atom stereocenters. The van der Waals surface area contributed by atoms with Gasteiger partial charge in [-0.05, 0) is 77.6 Å². The summed E-state index contributed by atoms with van der Waals surface area (Å²) >= 11 is 0. The number of hydrogen-bond acceptors (Lipinski definition) is 4. The average molecular weight is 496 g/mol. The number of aryl methyl sites for hydroxylation is 2. The summed E-state index contributed by atoms with van der Waals surface area (Å²) < 4.78 is 5.42. The molecule has 0 saturated carbocycles. The highest BCUT2D eigenvalue weighted by atomic mass is 16.6. The van der Waals surface area contributed by atoms with E-state index in [-0.39, 0.29) is 12.3 Å². The molecule has 2 N–H and O–H groups in total. The van der Waals surface area contributed by atoms with Crippen LogP contribution in [0.15, 0.2) is 48.5 Å². The Morgan fingerprint density at radius 3 is 2.06 bits per heavy atom. The van der Waals surface area contributed by atoms with Gasteiger partial charge in [0.2, 0.25) is 11.8 Å². The number of amides is 3. The second-order valence-electron chi connectivity index (χ2n) is 11.3. The van der Waals surface area contributed by atoms with Crippen LogP contribution in [0.2, 0.25) is 0 Å². The van der Waals surface area contributed by atoms with E-state index in [1.54, 1.807) is 27.8 Å². The lowest BCUT2D eigenvalue weighted by atomic mass is 9.97. The topological polar surface area (TPSA) is 87.7 Å². The third kappa shape index (κ3) is 8.70. The van der Waals surface area contributed by atoms with Crippen molar-refractivity contribution in [2.45, 2.75) is 85.0 Å². The summed E-state index contributed by atoms with van der Waals surface area (Å²) in [5.74, 6) is -0.686. The minimum atomic E-state index is -0.927. The van der Waals surface area contributed by atoms with Crippen LogP contribution < -0.4 is 10.6 Å². The minimum absolute atomic E-state index is 0.254. The van der Waals surface area contributed by atoms with Crippen LogP contribution in [0.4, 0.5) is 4.79 Å². The fourth-order valence-corrected chi connectivity index (χ4v) is 3.80. The van der Waals surface area contributed by atoms with E-state index < -0.39 is 35.2 Å². The lowest BCUT2D eigenvalue weighted by molar-refractivity contribution is -0.141. The zero-order chi connectivity index (χ0) is 27.3. The smallest absolute Gasteiger partial charge is 0.408 e. The molecule has 2 unspecified atom stereocenters. The quantitative estimate of drug-likeness (QED) is 0.575. The van der Waals surface area contributed by atoms with Crippen molar-refractivity contribution in [1.82, 2.24) is 15.5 Å². The zero-order valence-corrected chi connectivity index (χ0v) is 23.1. The van der Waals surface area contributed by atoms with Crippen LogP contribution in [0.25, 0.3) is 0 Å². The monoisotopic (exact) mass is 495 g/mol. The predicted octanol–water partition coefficient (Wildman–Crippen LogP) is 4.85. The molecule has 0 spiro atoms. The first-order valence-electron chi connectivity index (χ1n) is 12.3. The molecule has 0 aliphatic rings. The summed E-state index contributed by atoms with van der Waals surface area (Å²) in [7, 11) is 1.60. The maximum absolute atomic E-state index is 13.9. The Labute approximate surface area is 215 Å². The molecular formula is C29H41N3O4. The maximum Gasteiger partial charge on any atom is 0.408 e. The lowest BCUT2D eigenvalue weighted by Gasteiger charge is -2.34. The van der Waals surface area contributed by atoms with E-state index in [0.717, 1.165) is 16.7 Å². The number of rotatable bonds is 7. The molecule has 0 aliphatic heterocycles. The number of hydrogen-bond donors (Lipinski definition) is 2. The molecule has 0 saturated heterocycles. The largest absolute Gasteiger partial charge is 0.444 e. The van der Waals surface area contributed by atoms with E-state index in [9.17, 15) is 14.4 Å². The normalized spacial score (nSPS) is 13.4. The molecule has 196 valence electrons. The lowest BCUT2D eigenvalue weighted by Crippen LogP contribution is -2.54. The van der Waals surface area contributed by atoms with Gasteiger partial charge in [-0.3, -0.25) is 9.59 Å². The van der Waals surface area contributed by atoms with Crippen molar-refractivity contribution in [3.8, 4) is 0 Å². The van der Waals surface area contributed by atoms with Gasteiger partial charge in [0.1, 0.15) is 17.7 Å². The van der Waals surface area contributed by atoms with Gasteiger partial charge in [-0.15, -0.1) is 0 Å². The van der Waals surface area contributed by atoms with E-state index >= 15 is 0 Å². The van der Waals surface area contributed by atoms with Crippen LogP contribution in [-0.2, 0) is 20.7 Å². The van der Waals surface area contributed by atoms with Crippen molar-refractivity contribution in [1.29, 1.82) is 0 Å². The Morgan fingerprint density at radius 1 is 0.917 bits per heavy atom. The summed E-state index contributed by atoms with van der Waals surface area (Å²) in [6, 6.07) is 13.4. The summed E-state index contributed by atoms with van der Waals surface area (Å²) in [4.78, 5) is 41.4. The third-order valence-electron chi connectivity index (χ3n) is 5.60. The van der Waals surface area contributed by atoms with E-state index in [4.69, 9.17) is 4.74 Å². The number of ether oxygens (including phenoxy) is 1. The number of nitrogens with one attached hydrogen (secondary N) is 2. The summed E-state index contributed by atoms with van der Waals surface area (Å²) in [5.41, 5.74) is 2.49. The van der Waals surface area contributed by atoms with Crippen LogP contribution in [0.3, 0.4) is 0 Å². The second kappa shape index (κ2) is 11.6. The molecular weight excluding hydrogens is 454 g/mol. The molecule has 3 amide bonds. The molecule has 0 bridgehead atoms. The van der Waals surface area contributed by atoms with Crippen molar-refractivity contribution in [3.63, 3.8) is 0 Å². The van der Waals surface area contributed by atoms with Crippen molar-refractivity contribution < 1.29 is 19.1 Å². The van der Waals surface area contributed by atoms with E-state index in [1.807, 2.05) is 83.1 Å². The van der Waals surface area contributed by atoms with Crippen LogP contribution in [-0.4, -0.2) is 47.0 Å². The van der Waals surface area contributed by atoms with Gasteiger partial charge in [0.25, 0.3) is 0 Å². The Bertz CT molecular complexity index is 1070. The van der Waals surface area contributed by atoms with Gasteiger partial charge >= 0.3 is 6.09 Å². The molecule has 0 aromatic heterocycles. The molecule has 0 heterocycles. The third-order valence-corrected chi connectivity index (χ3v) is 5.60. The molecule has 2 rings (SSSR count). The van der Waals surface area contributed by atoms with E-state index in [1.165, 1.54) is 4.90 Å². The molecule has 7 nitrogen and oxygen atoms in total. The number of nitrogens with zero attached hydrogens (tertiary/aromatic N) is 1. The molecule has 7 heteroatoms. The summed E-state index contributed by atoms with van der Waals surface area (Å²) in [6.07, 6.45) is -0.434. The first-order valence-corrected chi connectivity index (χ1v) is 12.3. The second-order valence-corrected chi connectivity index (χ2v) is 11.3. The van der Waals surface area contributed by atoms with Crippen molar-refractivity contribution in [2.24, 2.45) is 0 Å². The Kier molecular flexibility index (Phi) is 9.30. The van der Waals surface area contributed by atoms with Crippen LogP contribution in [0, 0.1) is 13.8 Å². The van der Waals surface area contributed by atoms with E-state index in [2.05, 4.69) is 10.6 Å². The standard InChI is InChI=1S/C29H41N3O4/c1-19-15-16-22(17-20(19)2)24(25(33)31-28(3,4)5)32(9)26(34)23(18-21-13-11-10-12-14-21)30-27(35)36-29(6,7)8/h10-17,23-24H,18H2,1-9H3,(H,30,35)(H,31,33). The minimum Gasteiger partial charge on any atom is -0.444 e. The highest BCUT2D eigenvalue weighted by molar-refractivity contribution is 5.92. The van der Waals surface area contributed by atoms with E-state index in [0.29, 0.717) is 5.56 Å². The van der Waals surface area contributed by atoms with Crippen LogP contribution >= 0.6 is 0 Å². The number of benzene rings is 2. The maximum atomic E-state index is 13.9. The molecule has 2 aromatic carbocycles. The number of alkyl carbamates (subject to hydrolysis) is 1. The zero-order valence-electron chi connectivity index (χ0n) is 23.1. The summed E-state index contributed by atoms with van der Waals surface area (Å²) in [5, 5.41) is 5.74. The van der Waals surface area contributed by atoms with Crippen molar-refractivity contribution in [2.75, 3.05) is 7.05 Å². The van der Waals surface area contributed by atoms with Crippen LogP contribution in [0.5, 0.6) is 0 Å². The predicted molar refractivity (Wildman–Crippen MR) is 143 cm³/mol. The Morgan fingerprint density at radius 2 is 1.53 bits per heavy atom. The average Bonchev–Trinajstić information content (AvgIpc) is 2.73. The first kappa shape index (κ1) is 28.9. The van der Waals surface area contributed by atoms with Gasteiger partial charge in [-0.2, -0.15) is 0 Å². The number of carbonyl (C=O) groups excluding carboxylic acids is 3. The fraction of sp³-hybridized carbons (Fsp3) is 0.483. The Hall–Kier alpha value is -3.35. The number of likely N-dealkylation sites (N-methyl/N-ethyl adjacent to an activating group) is 1. The molecule has 0 aliphatic carbocycles. The van der Waals surface area contributed by atoms with Crippen LogP contribution in [0.1, 0.15) is 69.8 Å². The van der Waals surface area contributed by atoms with Crippen molar-refractivity contribution in [3.05, 3.63) is 70.8 Å². The molecule has 0 fully saturated rings. The highest BCUT2D eigenvalue weighted by Gasteiger charge is 2.35. The van der Waals surface area contributed by atoms with Gasteiger partial charge in [-0.25, -0.2) is 4.79 Å². The molecule has 0 radical (unpaired) electrons. The molecule has 36 heavy (non-hydrogen) atoms. The number of carbonyl (C=O) groups is 3. The molecule has 2 aromatic rings. The first-order chi connectivity index (χ1) is 16.6. The van der Waals surface area contributed by atoms with Gasteiger partial charge in [0.05, 0.1) is 0 Å². The van der Waals surface area contributed by atoms with Gasteiger partial charge in [-0.1, -0.05) is 48.5 Å².